The van der Waals surface area contributed by atoms with Crippen LogP contribution in [0.3, 0.4) is 0 Å². The smallest absolute Gasteiger partial charge is 0.310 e. The second-order valence-electron chi connectivity index (χ2n) is 9.80. The van der Waals surface area contributed by atoms with Crippen LogP contribution in [0.1, 0.15) is 36.8 Å². The molecule has 0 aromatic heterocycles. The maximum absolute atomic E-state index is 13.5. The topological polar surface area (TPSA) is 89.5 Å². The van der Waals surface area contributed by atoms with Gasteiger partial charge in [-0.3, -0.25) is 9.59 Å². The zero-order chi connectivity index (χ0) is 25.5. The Labute approximate surface area is 210 Å². The van der Waals surface area contributed by atoms with Crippen LogP contribution in [0.15, 0.2) is 60.7 Å². The first kappa shape index (κ1) is 24.9. The van der Waals surface area contributed by atoms with Crippen LogP contribution in [0, 0.1) is 11.8 Å². The molecule has 8 heteroatoms. The molecule has 8 nitrogen and oxygen atoms in total. The summed E-state index contributed by atoms with van der Waals surface area (Å²) in [5, 5.41) is 0. The first-order valence-corrected chi connectivity index (χ1v) is 12.2. The molecule has 36 heavy (non-hydrogen) atoms. The zero-order valence-electron chi connectivity index (χ0n) is 20.9. The molecule has 0 bridgehead atoms. The number of carbonyl (C=O) groups excluding carboxylic acids is 2. The number of cyclic esters (lactones) is 2. The third kappa shape index (κ3) is 4.02. The molecule has 192 valence electrons. The molecule has 0 radical (unpaired) electrons. The minimum atomic E-state index is -1.27. The van der Waals surface area contributed by atoms with Gasteiger partial charge in [0.25, 0.3) is 0 Å². The molecule has 1 saturated carbocycles. The van der Waals surface area contributed by atoms with E-state index < -0.39 is 47.6 Å². The van der Waals surface area contributed by atoms with Gasteiger partial charge in [-0.1, -0.05) is 60.7 Å². The van der Waals surface area contributed by atoms with Crippen LogP contribution in [-0.2, 0) is 38.0 Å². The van der Waals surface area contributed by atoms with Crippen LogP contribution in [0.25, 0.3) is 0 Å². The first-order chi connectivity index (χ1) is 17.3. The van der Waals surface area contributed by atoms with Crippen molar-refractivity contribution in [1.29, 1.82) is 0 Å². The fourth-order valence-corrected chi connectivity index (χ4v) is 5.73. The van der Waals surface area contributed by atoms with Gasteiger partial charge in [0.05, 0.1) is 11.8 Å². The lowest BCUT2D eigenvalue weighted by atomic mass is 9.52. The van der Waals surface area contributed by atoms with Gasteiger partial charge in [0.2, 0.25) is 11.6 Å². The van der Waals surface area contributed by atoms with E-state index >= 15 is 0 Å². The van der Waals surface area contributed by atoms with E-state index in [2.05, 4.69) is 0 Å². The number of hydrogen-bond acceptors (Lipinski definition) is 8. The summed E-state index contributed by atoms with van der Waals surface area (Å²) >= 11 is 0. The molecule has 2 aromatic rings. The van der Waals surface area contributed by atoms with E-state index in [1.807, 2.05) is 60.7 Å². The Morgan fingerprint density at radius 1 is 0.639 bits per heavy atom. The Morgan fingerprint density at radius 2 is 1.00 bits per heavy atom. The van der Waals surface area contributed by atoms with Gasteiger partial charge in [-0.2, -0.15) is 0 Å². The van der Waals surface area contributed by atoms with E-state index in [4.69, 9.17) is 28.4 Å². The lowest BCUT2D eigenvalue weighted by Crippen LogP contribution is -2.67. The van der Waals surface area contributed by atoms with E-state index in [9.17, 15) is 9.59 Å². The van der Waals surface area contributed by atoms with Crippen molar-refractivity contribution in [3.63, 3.8) is 0 Å². The number of esters is 2. The molecule has 0 N–H and O–H groups in total. The zero-order valence-corrected chi connectivity index (χ0v) is 20.9. The molecule has 5 rings (SSSR count). The Kier molecular flexibility index (Phi) is 6.63. The number of hydrogen-bond donors (Lipinski definition) is 0. The van der Waals surface area contributed by atoms with Crippen molar-refractivity contribution in [2.45, 2.75) is 49.5 Å². The predicted molar refractivity (Wildman–Crippen MR) is 128 cm³/mol. The van der Waals surface area contributed by atoms with Crippen LogP contribution >= 0.6 is 0 Å². The molecule has 1 aliphatic carbocycles. The van der Waals surface area contributed by atoms with E-state index in [1.165, 1.54) is 14.2 Å². The molecular formula is C28H32O8. The van der Waals surface area contributed by atoms with E-state index in [-0.39, 0.29) is 25.0 Å². The quantitative estimate of drug-likeness (QED) is 0.595. The Hall–Kier alpha value is -2.78. The number of benzene rings is 2. The Balaban J connectivity index is 1.48. The minimum Gasteiger partial charge on any atom is -0.463 e. The molecule has 2 aromatic carbocycles. The molecule has 0 spiro atoms. The summed E-state index contributed by atoms with van der Waals surface area (Å²) in [6.45, 7) is 3.25. The van der Waals surface area contributed by atoms with Crippen LogP contribution in [0.4, 0.5) is 0 Å². The molecule has 2 heterocycles. The first-order valence-electron chi connectivity index (χ1n) is 12.2. The van der Waals surface area contributed by atoms with Crippen molar-refractivity contribution in [1.82, 2.24) is 0 Å². The summed E-state index contributed by atoms with van der Waals surface area (Å²) in [5.41, 5.74) is 1.96. The summed E-state index contributed by atoms with van der Waals surface area (Å²) in [6.07, 6.45) is -1.43. The normalized spacial score (nSPS) is 38.6. The van der Waals surface area contributed by atoms with Crippen molar-refractivity contribution >= 4 is 11.9 Å². The Morgan fingerprint density at radius 3 is 1.33 bits per heavy atom. The van der Waals surface area contributed by atoms with E-state index in [0.29, 0.717) is 0 Å². The van der Waals surface area contributed by atoms with E-state index in [1.54, 1.807) is 13.8 Å². The fraction of sp³-hybridized carbons (Fsp3) is 0.500. The van der Waals surface area contributed by atoms with Gasteiger partial charge >= 0.3 is 11.9 Å². The number of fused-ring (bicyclic) bond motifs is 2. The van der Waals surface area contributed by atoms with Crippen LogP contribution in [0.2, 0.25) is 0 Å². The molecule has 8 atom stereocenters. The summed E-state index contributed by atoms with van der Waals surface area (Å²) in [7, 11) is 2.97. The highest BCUT2D eigenvalue weighted by atomic mass is 16.8. The standard InChI is InChI=1S/C28H32O8/c1-27(31-3)28(2,32-4)36-20-16-34-26(30)24-22(18-13-9-6-10-14-18)21(17-11-7-5-8-12-17)23(24)25(29)33-15-19(20)35-27/h5-14,19-24H,15-16H2,1-4H3/t19-,20-,21-,22+,23+,24-,27+,28+/m0/s1. The highest BCUT2D eigenvalue weighted by molar-refractivity contribution is 5.87. The largest absolute Gasteiger partial charge is 0.463 e. The number of rotatable bonds is 4. The van der Waals surface area contributed by atoms with Gasteiger partial charge < -0.3 is 28.4 Å². The molecule has 0 unspecified atom stereocenters. The number of ether oxygens (including phenoxy) is 6. The average molecular weight is 497 g/mol. The third-order valence-electron chi connectivity index (χ3n) is 8.01. The predicted octanol–water partition coefficient (Wildman–Crippen LogP) is 3.41. The van der Waals surface area contributed by atoms with Gasteiger partial charge in [-0.25, -0.2) is 0 Å². The summed E-state index contributed by atoms with van der Waals surface area (Å²) < 4.78 is 35.1. The van der Waals surface area contributed by atoms with Crippen molar-refractivity contribution < 1.29 is 38.0 Å². The highest BCUT2D eigenvalue weighted by Gasteiger charge is 2.61. The lowest BCUT2D eigenvalue weighted by Gasteiger charge is -2.53. The molecular weight excluding hydrogens is 464 g/mol. The van der Waals surface area contributed by atoms with Crippen molar-refractivity contribution in [2.24, 2.45) is 11.8 Å². The average Bonchev–Trinajstić information content (AvgIpc) is 2.88. The lowest BCUT2D eigenvalue weighted by molar-refractivity contribution is -0.451. The fourth-order valence-electron chi connectivity index (χ4n) is 5.73. The summed E-state index contributed by atoms with van der Waals surface area (Å²) in [5.74, 6) is -5.26. The second-order valence-corrected chi connectivity index (χ2v) is 9.80. The van der Waals surface area contributed by atoms with Crippen molar-refractivity contribution in [2.75, 3.05) is 27.4 Å². The van der Waals surface area contributed by atoms with E-state index in [0.717, 1.165) is 11.1 Å². The maximum Gasteiger partial charge on any atom is 0.310 e. The monoisotopic (exact) mass is 496 g/mol. The SMILES string of the molecule is CO[C@]1(C)O[C@H]2COC(=O)[C@@H]3[C@H](C(=O)OC[C@@H]2O[C@@]1(C)OC)[C@@H](c1ccccc1)[C@H]3c1ccccc1. The minimum absolute atomic E-state index is 0.0689. The molecule has 3 aliphatic rings. The van der Waals surface area contributed by atoms with Gasteiger partial charge in [-0.05, 0) is 25.0 Å². The summed E-state index contributed by atoms with van der Waals surface area (Å²) in [4.78, 5) is 27.0. The Bertz CT molecular complexity index is 1000. The third-order valence-corrected chi connectivity index (χ3v) is 8.01. The van der Waals surface area contributed by atoms with Gasteiger partial charge in [0, 0.05) is 26.1 Å². The van der Waals surface area contributed by atoms with Crippen LogP contribution in [-0.4, -0.2) is 63.2 Å². The number of carbonyl (C=O) groups is 2. The molecule has 2 saturated heterocycles. The van der Waals surface area contributed by atoms with Gasteiger partial charge in [0.1, 0.15) is 25.4 Å². The summed E-state index contributed by atoms with van der Waals surface area (Å²) in [6, 6.07) is 19.5. The molecule has 2 aliphatic heterocycles. The second kappa shape index (κ2) is 9.59. The van der Waals surface area contributed by atoms with Crippen molar-refractivity contribution in [3.8, 4) is 0 Å². The van der Waals surface area contributed by atoms with Gasteiger partial charge in [-0.15, -0.1) is 0 Å². The van der Waals surface area contributed by atoms with Crippen LogP contribution in [0.5, 0.6) is 0 Å². The highest BCUT2D eigenvalue weighted by Crippen LogP contribution is 2.58. The van der Waals surface area contributed by atoms with Crippen LogP contribution < -0.4 is 0 Å². The molecule has 0 amide bonds. The maximum atomic E-state index is 13.5. The number of methoxy groups -OCH3 is 2. The van der Waals surface area contributed by atoms with Crippen molar-refractivity contribution in [3.05, 3.63) is 71.8 Å². The molecule has 3 fully saturated rings. The van der Waals surface area contributed by atoms with Gasteiger partial charge in [0.15, 0.2) is 0 Å².